The number of H-pyrrole nitrogens is 1. The Balaban J connectivity index is 0.953. The molecule has 0 spiro atoms. The smallest absolute Gasteiger partial charge is 0.328 e. The Morgan fingerprint density at radius 2 is 1.52 bits per heavy atom. The van der Waals surface area contributed by atoms with Gasteiger partial charge in [0.1, 0.15) is 6.04 Å². The van der Waals surface area contributed by atoms with Crippen LogP contribution in [0.4, 0.5) is 4.79 Å². The second kappa shape index (κ2) is 19.1. The van der Waals surface area contributed by atoms with E-state index in [2.05, 4.69) is 27.4 Å². The first-order valence-corrected chi connectivity index (χ1v) is 21.0. The lowest BCUT2D eigenvalue weighted by Gasteiger charge is -2.44. The molecule has 0 bridgehead atoms. The van der Waals surface area contributed by atoms with Gasteiger partial charge in [0.15, 0.2) is 6.29 Å². The van der Waals surface area contributed by atoms with Gasteiger partial charge in [-0.25, -0.2) is 14.4 Å². The summed E-state index contributed by atoms with van der Waals surface area (Å²) in [4.78, 5) is 44.0. The van der Waals surface area contributed by atoms with Gasteiger partial charge in [-0.1, -0.05) is 122 Å². The second-order valence-electron chi connectivity index (χ2n) is 16.0. The highest BCUT2D eigenvalue weighted by Gasteiger charge is 2.40. The van der Waals surface area contributed by atoms with Crippen molar-refractivity contribution in [3.63, 3.8) is 0 Å². The van der Waals surface area contributed by atoms with Crippen LogP contribution < -0.4 is 16.3 Å². The molecular formula is C49H53N5O7. The van der Waals surface area contributed by atoms with E-state index in [-0.39, 0.29) is 43.0 Å². The number of fused-ring (bicyclic) bond motifs is 1. The number of hydrogen-bond acceptors (Lipinski definition) is 8. The zero-order valence-electron chi connectivity index (χ0n) is 34.5. The molecule has 1 aromatic heterocycles. The van der Waals surface area contributed by atoms with Gasteiger partial charge < -0.3 is 39.8 Å². The number of aromatic amines is 1. The molecule has 8 rings (SSSR count). The summed E-state index contributed by atoms with van der Waals surface area (Å²) in [5.74, 6) is -0.486. The third kappa shape index (κ3) is 9.63. The van der Waals surface area contributed by atoms with E-state index >= 15 is 0 Å². The Labute approximate surface area is 355 Å². The van der Waals surface area contributed by atoms with Gasteiger partial charge in [0.05, 0.1) is 37.0 Å². The van der Waals surface area contributed by atoms with Crippen LogP contribution in [0.15, 0.2) is 132 Å². The molecule has 0 saturated carbocycles. The molecule has 2 amide bonds. The van der Waals surface area contributed by atoms with Crippen molar-refractivity contribution in [1.29, 1.82) is 0 Å². The minimum absolute atomic E-state index is 0.0281. The molecule has 4 N–H and O–H groups in total. The van der Waals surface area contributed by atoms with Crippen LogP contribution in [0, 0.1) is 5.92 Å². The van der Waals surface area contributed by atoms with E-state index in [1.54, 1.807) is 0 Å². The molecule has 3 heterocycles. The van der Waals surface area contributed by atoms with E-state index in [9.17, 15) is 19.5 Å². The quantitative estimate of drug-likeness (QED) is 0.0895. The van der Waals surface area contributed by atoms with E-state index in [0.717, 1.165) is 82.5 Å². The van der Waals surface area contributed by atoms with Crippen molar-refractivity contribution in [2.75, 3.05) is 26.7 Å². The van der Waals surface area contributed by atoms with Crippen LogP contribution in [0.25, 0.3) is 22.2 Å². The van der Waals surface area contributed by atoms with E-state index in [4.69, 9.17) is 14.2 Å². The van der Waals surface area contributed by atoms with E-state index < -0.39 is 24.3 Å². The average Bonchev–Trinajstić information content (AvgIpc) is 3.64. The third-order valence-corrected chi connectivity index (χ3v) is 12.1. The van der Waals surface area contributed by atoms with E-state index in [0.29, 0.717) is 6.42 Å². The first-order chi connectivity index (χ1) is 29.8. The Morgan fingerprint density at radius 1 is 0.836 bits per heavy atom. The van der Waals surface area contributed by atoms with Gasteiger partial charge in [-0.3, -0.25) is 4.57 Å². The number of para-hydroxylation sites is 2. The Bertz CT molecular complexity index is 2460. The van der Waals surface area contributed by atoms with E-state index in [1.807, 2.05) is 132 Å². The van der Waals surface area contributed by atoms with Gasteiger partial charge in [-0.2, -0.15) is 0 Å². The molecule has 2 fully saturated rings. The molecule has 2 saturated heterocycles. The molecule has 0 radical (unpaired) electrons. The summed E-state index contributed by atoms with van der Waals surface area (Å²) in [5.41, 5.74) is 8.25. The van der Waals surface area contributed by atoms with Crippen molar-refractivity contribution in [2.24, 2.45) is 5.92 Å². The van der Waals surface area contributed by atoms with Crippen LogP contribution >= 0.6 is 0 Å². The summed E-state index contributed by atoms with van der Waals surface area (Å²) in [6.45, 7) is 4.80. The Hall–Kier alpha value is -6.05. The van der Waals surface area contributed by atoms with Gasteiger partial charge in [0, 0.05) is 50.1 Å². The average molecular weight is 824 g/mol. The summed E-state index contributed by atoms with van der Waals surface area (Å²) in [6.07, 6.45) is 1.02. The largest absolute Gasteiger partial charge is 0.467 e. The fourth-order valence-corrected chi connectivity index (χ4v) is 8.73. The standard InChI is InChI=1S/C49H53N5O7/c1-32-44(30-53-26-24-39(25-27-53)54-43-15-9-8-14-41(43)52-49(54)58)60-47(61-45(32)36-18-16-34(31-55)17-19-36)37-22-20-35(21-23-37)40-13-7-6-12-38(40)29-50-48(57)51-42(46(56)59-2)28-33-10-4-3-5-11-33/h3-23,32,39,42,44-45,47,55H,24-31H2,1-2H3,(H,52,58)(H2,50,51,57). The summed E-state index contributed by atoms with van der Waals surface area (Å²) in [5, 5.41) is 15.4. The number of nitrogens with zero attached hydrogens (tertiary/aromatic N) is 2. The molecule has 12 heteroatoms. The topological polar surface area (TPSA) is 147 Å². The number of amides is 2. The van der Waals surface area contributed by atoms with Crippen LogP contribution in [0.2, 0.25) is 0 Å². The summed E-state index contributed by atoms with van der Waals surface area (Å²) >= 11 is 0. The van der Waals surface area contributed by atoms with Crippen molar-refractivity contribution < 1.29 is 28.9 Å². The molecule has 2 aliphatic rings. The summed E-state index contributed by atoms with van der Waals surface area (Å²) < 4.78 is 20.5. The summed E-state index contributed by atoms with van der Waals surface area (Å²) in [6, 6.07) is 40.2. The van der Waals surface area contributed by atoms with Gasteiger partial charge in [-0.15, -0.1) is 0 Å². The number of rotatable bonds is 13. The SMILES string of the molecule is COC(=O)C(Cc1ccccc1)NC(=O)NCc1ccccc1-c1ccc(C2OC(CN3CCC(n4c(=O)[nH]c5ccccc54)CC3)C(C)C(c3ccc(CO)cc3)O2)cc1. The number of aliphatic hydroxyl groups excluding tert-OH is 1. The minimum Gasteiger partial charge on any atom is -0.467 e. The Morgan fingerprint density at radius 3 is 2.26 bits per heavy atom. The molecule has 61 heavy (non-hydrogen) atoms. The van der Waals surface area contributed by atoms with Gasteiger partial charge in [-0.05, 0) is 58.4 Å². The van der Waals surface area contributed by atoms with Crippen LogP contribution in [-0.4, -0.2) is 70.4 Å². The first-order valence-electron chi connectivity index (χ1n) is 21.0. The van der Waals surface area contributed by atoms with Crippen molar-refractivity contribution in [3.8, 4) is 11.1 Å². The van der Waals surface area contributed by atoms with Crippen LogP contribution in [0.3, 0.4) is 0 Å². The fourth-order valence-electron chi connectivity index (χ4n) is 8.73. The molecular weight excluding hydrogens is 771 g/mol. The number of aromatic nitrogens is 2. The molecule has 5 unspecified atom stereocenters. The maximum atomic E-state index is 13.1. The number of aliphatic hydroxyl groups is 1. The number of methoxy groups -OCH3 is 1. The maximum absolute atomic E-state index is 13.1. The van der Waals surface area contributed by atoms with Gasteiger partial charge in [0.2, 0.25) is 0 Å². The number of piperidine rings is 1. The van der Waals surface area contributed by atoms with Crippen molar-refractivity contribution in [1.82, 2.24) is 25.1 Å². The zero-order valence-corrected chi connectivity index (χ0v) is 34.5. The number of urea groups is 1. The molecule has 5 aromatic carbocycles. The molecule has 6 aromatic rings. The van der Waals surface area contributed by atoms with Crippen LogP contribution in [0.5, 0.6) is 0 Å². The minimum atomic E-state index is -0.836. The number of benzene rings is 5. The van der Waals surface area contributed by atoms with Crippen LogP contribution in [-0.2, 0) is 38.6 Å². The highest BCUT2D eigenvalue weighted by molar-refractivity contribution is 5.84. The molecule has 0 aliphatic carbocycles. The second-order valence-corrected chi connectivity index (χ2v) is 16.0. The van der Waals surface area contributed by atoms with Crippen molar-refractivity contribution in [2.45, 2.75) is 69.9 Å². The fraction of sp³-hybridized carbons (Fsp3) is 0.327. The zero-order chi connectivity index (χ0) is 42.3. The number of hydrogen-bond donors (Lipinski definition) is 4. The van der Waals surface area contributed by atoms with Gasteiger partial charge >= 0.3 is 17.7 Å². The lowest BCUT2D eigenvalue weighted by atomic mass is 9.89. The third-order valence-electron chi connectivity index (χ3n) is 12.1. The number of ether oxygens (including phenoxy) is 3. The highest BCUT2D eigenvalue weighted by atomic mass is 16.7. The lowest BCUT2D eigenvalue weighted by molar-refractivity contribution is -0.276. The lowest BCUT2D eigenvalue weighted by Crippen LogP contribution is -2.47. The summed E-state index contributed by atoms with van der Waals surface area (Å²) in [7, 11) is 1.31. The molecule has 12 nitrogen and oxygen atoms in total. The molecule has 5 atom stereocenters. The number of carbonyl (C=O) groups excluding carboxylic acids is 2. The highest BCUT2D eigenvalue weighted by Crippen LogP contribution is 2.42. The van der Waals surface area contributed by atoms with Crippen molar-refractivity contribution in [3.05, 3.63) is 166 Å². The normalized spacial score (nSPS) is 20.2. The molecule has 2 aliphatic heterocycles. The van der Waals surface area contributed by atoms with Gasteiger partial charge in [0.25, 0.3) is 0 Å². The first kappa shape index (κ1) is 41.7. The predicted molar refractivity (Wildman–Crippen MR) is 233 cm³/mol. The maximum Gasteiger partial charge on any atom is 0.328 e. The predicted octanol–water partition coefficient (Wildman–Crippen LogP) is 7.20. The number of carbonyl (C=O) groups is 2. The number of esters is 1. The monoisotopic (exact) mass is 823 g/mol. The Kier molecular flexibility index (Phi) is 13.1. The number of nitrogens with one attached hydrogen (secondary N) is 3. The van der Waals surface area contributed by atoms with E-state index in [1.165, 1.54) is 7.11 Å². The van der Waals surface area contributed by atoms with Crippen molar-refractivity contribution >= 4 is 23.0 Å². The number of imidazole rings is 1. The number of likely N-dealkylation sites (tertiary alicyclic amines) is 1. The van der Waals surface area contributed by atoms with Crippen LogP contribution in [0.1, 0.15) is 66.0 Å². The molecule has 316 valence electrons.